The lowest BCUT2D eigenvalue weighted by atomic mass is 9.74. The molecule has 0 aliphatic heterocycles. The van der Waals surface area contributed by atoms with Gasteiger partial charge in [0.15, 0.2) is 5.78 Å². The molecule has 0 fully saturated rings. The lowest BCUT2D eigenvalue weighted by Gasteiger charge is -2.28. The minimum Gasteiger partial charge on any atom is -0.465 e. The van der Waals surface area contributed by atoms with Crippen molar-refractivity contribution < 1.29 is 14.3 Å². The third-order valence-electron chi connectivity index (χ3n) is 3.21. The summed E-state index contributed by atoms with van der Waals surface area (Å²) in [6, 6.07) is 0. The molecule has 16 heavy (non-hydrogen) atoms. The molecule has 0 radical (unpaired) electrons. The molecule has 1 aliphatic carbocycles. The van der Waals surface area contributed by atoms with Crippen molar-refractivity contribution in [2.75, 3.05) is 6.61 Å². The van der Waals surface area contributed by atoms with Gasteiger partial charge in [-0.1, -0.05) is 25.5 Å². The summed E-state index contributed by atoms with van der Waals surface area (Å²) in [5, 5.41) is 0. The maximum absolute atomic E-state index is 12.3. The standard InChI is InChI=1S/C13H20O3/c1-5-16-12(15)13(11(14)9(2)3)8-6-7-10(13)4/h7,9H,5-6,8H2,1-4H3. The molecule has 3 heteroatoms. The Hall–Kier alpha value is -1.12. The van der Waals surface area contributed by atoms with Crippen molar-refractivity contribution >= 4 is 11.8 Å². The molecule has 0 saturated carbocycles. The summed E-state index contributed by atoms with van der Waals surface area (Å²) >= 11 is 0. The molecule has 1 unspecified atom stereocenters. The Balaban J connectivity index is 3.09. The van der Waals surface area contributed by atoms with Gasteiger partial charge in [-0.2, -0.15) is 0 Å². The van der Waals surface area contributed by atoms with E-state index in [2.05, 4.69) is 0 Å². The van der Waals surface area contributed by atoms with Crippen LogP contribution in [0.5, 0.6) is 0 Å². The van der Waals surface area contributed by atoms with Crippen LogP contribution in [0, 0.1) is 11.3 Å². The van der Waals surface area contributed by atoms with Gasteiger partial charge in [-0.25, -0.2) is 0 Å². The van der Waals surface area contributed by atoms with Gasteiger partial charge in [0.1, 0.15) is 5.41 Å². The van der Waals surface area contributed by atoms with Crippen LogP contribution in [-0.2, 0) is 14.3 Å². The van der Waals surface area contributed by atoms with Gasteiger partial charge < -0.3 is 4.74 Å². The number of ketones is 1. The molecule has 3 nitrogen and oxygen atoms in total. The molecular formula is C13H20O3. The molecule has 0 spiro atoms. The second kappa shape index (κ2) is 4.81. The fraction of sp³-hybridized carbons (Fsp3) is 0.692. The highest BCUT2D eigenvalue weighted by Gasteiger charge is 2.50. The molecule has 0 saturated heterocycles. The van der Waals surface area contributed by atoms with Gasteiger partial charge in [0, 0.05) is 5.92 Å². The SMILES string of the molecule is CCOC(=O)C1(C(=O)C(C)C)CCC=C1C. The highest BCUT2D eigenvalue weighted by Crippen LogP contribution is 2.42. The first-order valence-corrected chi connectivity index (χ1v) is 5.85. The third-order valence-corrected chi connectivity index (χ3v) is 3.21. The molecule has 1 aliphatic rings. The Bertz CT molecular complexity index is 328. The van der Waals surface area contributed by atoms with Gasteiger partial charge in [0.25, 0.3) is 0 Å². The van der Waals surface area contributed by atoms with E-state index in [1.54, 1.807) is 6.92 Å². The zero-order valence-electron chi connectivity index (χ0n) is 10.5. The number of carbonyl (C=O) groups excluding carboxylic acids is 2. The summed E-state index contributed by atoms with van der Waals surface area (Å²) in [4.78, 5) is 24.3. The fourth-order valence-corrected chi connectivity index (χ4v) is 2.30. The average molecular weight is 224 g/mol. The van der Waals surface area contributed by atoms with Crippen LogP contribution in [0.2, 0.25) is 0 Å². The number of allylic oxidation sites excluding steroid dienone is 1. The number of carbonyl (C=O) groups is 2. The smallest absolute Gasteiger partial charge is 0.323 e. The van der Waals surface area contributed by atoms with Crippen LogP contribution in [0.4, 0.5) is 0 Å². The average Bonchev–Trinajstić information content (AvgIpc) is 2.60. The monoisotopic (exact) mass is 224 g/mol. The van der Waals surface area contributed by atoms with E-state index >= 15 is 0 Å². The summed E-state index contributed by atoms with van der Waals surface area (Å²) in [6.07, 6.45) is 3.31. The van der Waals surface area contributed by atoms with Crippen molar-refractivity contribution in [2.24, 2.45) is 11.3 Å². The normalized spacial score (nSPS) is 24.4. The van der Waals surface area contributed by atoms with E-state index in [1.807, 2.05) is 26.8 Å². The molecule has 1 rings (SSSR count). The van der Waals surface area contributed by atoms with Crippen LogP contribution < -0.4 is 0 Å². The summed E-state index contributed by atoms with van der Waals surface area (Å²) < 4.78 is 5.07. The van der Waals surface area contributed by atoms with Crippen LogP contribution in [0.3, 0.4) is 0 Å². The summed E-state index contributed by atoms with van der Waals surface area (Å²) in [6.45, 7) is 7.59. The lowest BCUT2D eigenvalue weighted by Crippen LogP contribution is -2.42. The Labute approximate surface area is 96.9 Å². The van der Waals surface area contributed by atoms with Crippen LogP contribution in [-0.4, -0.2) is 18.4 Å². The van der Waals surface area contributed by atoms with E-state index in [9.17, 15) is 9.59 Å². The first kappa shape index (κ1) is 12.9. The summed E-state index contributed by atoms with van der Waals surface area (Å²) in [5.74, 6) is -0.539. The van der Waals surface area contributed by atoms with E-state index in [4.69, 9.17) is 4.74 Å². The molecule has 0 aromatic rings. The second-order valence-electron chi connectivity index (χ2n) is 4.57. The highest BCUT2D eigenvalue weighted by atomic mass is 16.5. The number of hydrogen-bond donors (Lipinski definition) is 0. The van der Waals surface area contributed by atoms with Crippen molar-refractivity contribution in [3.05, 3.63) is 11.6 Å². The van der Waals surface area contributed by atoms with Crippen molar-refractivity contribution in [2.45, 2.75) is 40.5 Å². The topological polar surface area (TPSA) is 43.4 Å². The van der Waals surface area contributed by atoms with Crippen molar-refractivity contribution in [3.8, 4) is 0 Å². The molecular weight excluding hydrogens is 204 g/mol. The zero-order valence-corrected chi connectivity index (χ0v) is 10.5. The zero-order chi connectivity index (χ0) is 12.3. The number of Topliss-reactive ketones (excluding diaryl/α,β-unsaturated/α-hetero) is 1. The number of ether oxygens (including phenoxy) is 1. The maximum Gasteiger partial charge on any atom is 0.323 e. The number of hydrogen-bond acceptors (Lipinski definition) is 3. The Morgan fingerprint density at radius 1 is 1.50 bits per heavy atom. The minimum absolute atomic E-state index is 0.0165. The molecule has 0 aromatic heterocycles. The molecule has 0 N–H and O–H groups in total. The van der Waals surface area contributed by atoms with Gasteiger partial charge in [-0.05, 0) is 26.7 Å². The lowest BCUT2D eigenvalue weighted by molar-refractivity contribution is -0.158. The van der Waals surface area contributed by atoms with Gasteiger partial charge in [-0.15, -0.1) is 0 Å². The quantitative estimate of drug-likeness (QED) is 0.418. The predicted octanol–water partition coefficient (Wildman–Crippen LogP) is 2.50. The highest BCUT2D eigenvalue weighted by molar-refractivity contribution is 6.08. The minimum atomic E-state index is -0.996. The Morgan fingerprint density at radius 3 is 2.50 bits per heavy atom. The van der Waals surface area contributed by atoms with E-state index in [0.29, 0.717) is 13.0 Å². The van der Waals surface area contributed by atoms with Crippen LogP contribution in [0.15, 0.2) is 11.6 Å². The van der Waals surface area contributed by atoms with Crippen LogP contribution in [0.1, 0.15) is 40.5 Å². The van der Waals surface area contributed by atoms with Gasteiger partial charge in [0.2, 0.25) is 0 Å². The van der Waals surface area contributed by atoms with E-state index < -0.39 is 5.41 Å². The van der Waals surface area contributed by atoms with Gasteiger partial charge in [-0.3, -0.25) is 9.59 Å². The molecule has 1 atom stereocenters. The van der Waals surface area contributed by atoms with Crippen molar-refractivity contribution in [3.63, 3.8) is 0 Å². The van der Waals surface area contributed by atoms with Crippen LogP contribution >= 0.6 is 0 Å². The van der Waals surface area contributed by atoms with E-state index in [0.717, 1.165) is 12.0 Å². The first-order valence-electron chi connectivity index (χ1n) is 5.85. The molecule has 0 heterocycles. The molecule has 90 valence electrons. The number of esters is 1. The largest absolute Gasteiger partial charge is 0.465 e. The fourth-order valence-electron chi connectivity index (χ4n) is 2.30. The summed E-state index contributed by atoms with van der Waals surface area (Å²) in [7, 11) is 0. The molecule has 0 bridgehead atoms. The number of rotatable bonds is 4. The summed E-state index contributed by atoms with van der Waals surface area (Å²) in [5.41, 5.74) is -0.144. The van der Waals surface area contributed by atoms with E-state index in [-0.39, 0.29) is 17.7 Å². The van der Waals surface area contributed by atoms with Crippen molar-refractivity contribution in [1.29, 1.82) is 0 Å². The van der Waals surface area contributed by atoms with Gasteiger partial charge >= 0.3 is 5.97 Å². The molecule has 0 amide bonds. The van der Waals surface area contributed by atoms with Gasteiger partial charge in [0.05, 0.1) is 6.61 Å². The Morgan fingerprint density at radius 2 is 2.12 bits per heavy atom. The first-order chi connectivity index (χ1) is 7.46. The van der Waals surface area contributed by atoms with Crippen molar-refractivity contribution in [1.82, 2.24) is 0 Å². The van der Waals surface area contributed by atoms with E-state index in [1.165, 1.54) is 0 Å². The maximum atomic E-state index is 12.3. The van der Waals surface area contributed by atoms with Crippen LogP contribution in [0.25, 0.3) is 0 Å². The second-order valence-corrected chi connectivity index (χ2v) is 4.57. The predicted molar refractivity (Wildman–Crippen MR) is 61.9 cm³/mol. The molecule has 0 aromatic carbocycles. The third kappa shape index (κ3) is 1.91. The Kier molecular flexibility index (Phi) is 3.89.